The molecule has 0 aromatic carbocycles. The Hall–Kier alpha value is -0.120. The van der Waals surface area contributed by atoms with E-state index in [1.807, 2.05) is 0 Å². The third kappa shape index (κ3) is 3.95. The molecule has 1 aliphatic rings. The molecule has 0 bridgehead atoms. The predicted octanol–water partition coefficient (Wildman–Crippen LogP) is 0.962. The standard InChI is InChI=1S/C11H24N2O/c12-9-11(10-14)13-7-5-3-1-2-4-6-8-13/h11,14H,1-10,12H2. The van der Waals surface area contributed by atoms with Gasteiger partial charge in [0.05, 0.1) is 6.61 Å². The van der Waals surface area contributed by atoms with Crippen LogP contribution in [0.1, 0.15) is 38.5 Å². The molecule has 3 N–H and O–H groups in total. The summed E-state index contributed by atoms with van der Waals surface area (Å²) in [5.41, 5.74) is 5.64. The highest BCUT2D eigenvalue weighted by molar-refractivity contribution is 4.72. The first-order chi connectivity index (χ1) is 6.88. The topological polar surface area (TPSA) is 49.5 Å². The third-order valence-electron chi connectivity index (χ3n) is 3.14. The van der Waals surface area contributed by atoms with Crippen LogP contribution in [-0.4, -0.2) is 42.3 Å². The summed E-state index contributed by atoms with van der Waals surface area (Å²) in [7, 11) is 0. The average Bonchev–Trinajstić information content (AvgIpc) is 2.34. The van der Waals surface area contributed by atoms with Crippen LogP contribution in [-0.2, 0) is 0 Å². The monoisotopic (exact) mass is 200 g/mol. The maximum absolute atomic E-state index is 9.19. The predicted molar refractivity (Wildman–Crippen MR) is 59.2 cm³/mol. The Morgan fingerprint density at radius 2 is 1.50 bits per heavy atom. The van der Waals surface area contributed by atoms with Gasteiger partial charge in [-0.2, -0.15) is 0 Å². The highest BCUT2D eigenvalue weighted by Crippen LogP contribution is 2.12. The molecule has 0 spiro atoms. The van der Waals surface area contributed by atoms with Crippen molar-refractivity contribution in [3.63, 3.8) is 0 Å². The summed E-state index contributed by atoms with van der Waals surface area (Å²) in [5.74, 6) is 0. The van der Waals surface area contributed by atoms with Crippen LogP contribution in [0.15, 0.2) is 0 Å². The lowest BCUT2D eigenvalue weighted by atomic mass is 10.1. The third-order valence-corrected chi connectivity index (χ3v) is 3.14. The summed E-state index contributed by atoms with van der Waals surface area (Å²) in [6.45, 7) is 3.01. The van der Waals surface area contributed by atoms with Gasteiger partial charge in [0.15, 0.2) is 0 Å². The van der Waals surface area contributed by atoms with Crippen molar-refractivity contribution in [2.75, 3.05) is 26.2 Å². The van der Waals surface area contributed by atoms with Crippen LogP contribution in [0.25, 0.3) is 0 Å². The summed E-state index contributed by atoms with van der Waals surface area (Å²) in [5, 5.41) is 9.19. The molecule has 0 saturated carbocycles. The Morgan fingerprint density at radius 3 is 1.93 bits per heavy atom. The summed E-state index contributed by atoms with van der Waals surface area (Å²) >= 11 is 0. The van der Waals surface area contributed by atoms with Crippen LogP contribution >= 0.6 is 0 Å². The van der Waals surface area contributed by atoms with E-state index in [-0.39, 0.29) is 12.6 Å². The zero-order chi connectivity index (χ0) is 10.2. The minimum Gasteiger partial charge on any atom is -0.395 e. The van der Waals surface area contributed by atoms with Gasteiger partial charge in [0.1, 0.15) is 0 Å². The molecule has 1 rings (SSSR count). The SMILES string of the molecule is NCC(CO)N1CCCCCCCC1. The van der Waals surface area contributed by atoms with Crippen LogP contribution in [0.5, 0.6) is 0 Å². The Kier molecular flexibility index (Phi) is 6.15. The van der Waals surface area contributed by atoms with E-state index in [9.17, 15) is 5.11 Å². The van der Waals surface area contributed by atoms with Gasteiger partial charge in [0.2, 0.25) is 0 Å². The largest absolute Gasteiger partial charge is 0.395 e. The fraction of sp³-hybridized carbons (Fsp3) is 1.00. The first-order valence-electron chi connectivity index (χ1n) is 5.93. The van der Waals surface area contributed by atoms with Crippen molar-refractivity contribution in [3.8, 4) is 0 Å². The zero-order valence-electron chi connectivity index (χ0n) is 9.12. The van der Waals surface area contributed by atoms with E-state index < -0.39 is 0 Å². The van der Waals surface area contributed by atoms with Gasteiger partial charge in [-0.25, -0.2) is 0 Å². The van der Waals surface area contributed by atoms with Gasteiger partial charge in [-0.15, -0.1) is 0 Å². The molecular weight excluding hydrogens is 176 g/mol. The van der Waals surface area contributed by atoms with E-state index in [1.165, 1.54) is 38.5 Å². The van der Waals surface area contributed by atoms with Crippen molar-refractivity contribution in [1.29, 1.82) is 0 Å². The molecule has 1 unspecified atom stereocenters. The second-order valence-corrected chi connectivity index (χ2v) is 4.23. The molecule has 1 fully saturated rings. The lowest BCUT2D eigenvalue weighted by Crippen LogP contribution is -2.44. The van der Waals surface area contributed by atoms with Gasteiger partial charge in [0, 0.05) is 12.6 Å². The molecule has 1 saturated heterocycles. The molecule has 3 heteroatoms. The number of nitrogens with two attached hydrogens (primary N) is 1. The second-order valence-electron chi connectivity index (χ2n) is 4.23. The molecule has 1 atom stereocenters. The molecule has 14 heavy (non-hydrogen) atoms. The number of hydrogen-bond acceptors (Lipinski definition) is 3. The number of hydrogen-bond donors (Lipinski definition) is 2. The minimum absolute atomic E-state index is 0.188. The number of nitrogens with zero attached hydrogens (tertiary/aromatic N) is 1. The summed E-state index contributed by atoms with van der Waals surface area (Å²) in [6, 6.07) is 0.188. The Balaban J connectivity index is 2.37. The first-order valence-corrected chi connectivity index (χ1v) is 5.93. The van der Waals surface area contributed by atoms with E-state index in [0.717, 1.165) is 13.1 Å². The van der Waals surface area contributed by atoms with Gasteiger partial charge < -0.3 is 10.8 Å². The van der Waals surface area contributed by atoms with E-state index in [4.69, 9.17) is 5.73 Å². The summed E-state index contributed by atoms with van der Waals surface area (Å²) in [6.07, 6.45) is 7.94. The van der Waals surface area contributed by atoms with E-state index in [1.54, 1.807) is 0 Å². The lowest BCUT2D eigenvalue weighted by Gasteiger charge is -2.29. The maximum atomic E-state index is 9.19. The molecule has 0 aromatic heterocycles. The van der Waals surface area contributed by atoms with Crippen LogP contribution in [0.2, 0.25) is 0 Å². The smallest absolute Gasteiger partial charge is 0.0599 e. The normalized spacial score (nSPS) is 23.6. The zero-order valence-corrected chi connectivity index (χ0v) is 9.12. The molecule has 0 aromatic rings. The number of aliphatic hydroxyl groups is 1. The van der Waals surface area contributed by atoms with Crippen molar-refractivity contribution in [1.82, 2.24) is 4.90 Å². The molecular formula is C11H24N2O. The molecule has 3 nitrogen and oxygen atoms in total. The van der Waals surface area contributed by atoms with Crippen LogP contribution in [0, 0.1) is 0 Å². The average molecular weight is 200 g/mol. The number of rotatable bonds is 3. The van der Waals surface area contributed by atoms with Gasteiger partial charge in [-0.1, -0.05) is 25.7 Å². The first kappa shape index (κ1) is 12.0. The highest BCUT2D eigenvalue weighted by atomic mass is 16.3. The van der Waals surface area contributed by atoms with Crippen LogP contribution in [0.4, 0.5) is 0 Å². The van der Waals surface area contributed by atoms with E-state index in [0.29, 0.717) is 6.54 Å². The maximum Gasteiger partial charge on any atom is 0.0599 e. The Bertz CT molecular complexity index is 127. The lowest BCUT2D eigenvalue weighted by molar-refractivity contribution is 0.125. The summed E-state index contributed by atoms with van der Waals surface area (Å²) in [4.78, 5) is 2.37. The fourth-order valence-electron chi connectivity index (χ4n) is 2.15. The van der Waals surface area contributed by atoms with Crippen molar-refractivity contribution in [2.45, 2.75) is 44.6 Å². The van der Waals surface area contributed by atoms with Gasteiger partial charge in [-0.3, -0.25) is 4.90 Å². The fourth-order valence-corrected chi connectivity index (χ4v) is 2.15. The van der Waals surface area contributed by atoms with E-state index >= 15 is 0 Å². The molecule has 84 valence electrons. The van der Waals surface area contributed by atoms with Crippen molar-refractivity contribution in [2.24, 2.45) is 5.73 Å². The molecule has 0 aliphatic carbocycles. The highest BCUT2D eigenvalue weighted by Gasteiger charge is 2.15. The van der Waals surface area contributed by atoms with Crippen molar-refractivity contribution in [3.05, 3.63) is 0 Å². The van der Waals surface area contributed by atoms with Crippen LogP contribution < -0.4 is 5.73 Å². The Morgan fingerprint density at radius 1 is 1.00 bits per heavy atom. The molecule has 1 aliphatic heterocycles. The Labute approximate surface area is 87.3 Å². The minimum atomic E-state index is 0.188. The van der Waals surface area contributed by atoms with E-state index in [2.05, 4.69) is 4.90 Å². The van der Waals surface area contributed by atoms with Crippen LogP contribution in [0.3, 0.4) is 0 Å². The second kappa shape index (κ2) is 7.21. The van der Waals surface area contributed by atoms with Gasteiger partial charge in [0.25, 0.3) is 0 Å². The van der Waals surface area contributed by atoms with Crippen molar-refractivity contribution < 1.29 is 5.11 Å². The summed E-state index contributed by atoms with van der Waals surface area (Å²) < 4.78 is 0. The molecule has 0 amide bonds. The van der Waals surface area contributed by atoms with Gasteiger partial charge in [-0.05, 0) is 25.9 Å². The van der Waals surface area contributed by atoms with Gasteiger partial charge >= 0.3 is 0 Å². The van der Waals surface area contributed by atoms with Crippen molar-refractivity contribution >= 4 is 0 Å². The quantitative estimate of drug-likeness (QED) is 0.713. The molecule has 1 heterocycles. The molecule has 0 radical (unpaired) electrons. The number of aliphatic hydroxyl groups excluding tert-OH is 1.